The minimum Gasteiger partial charge on any atom is -0.497 e. The molecular formula is C27H26N6O2. The van der Waals surface area contributed by atoms with Crippen LogP contribution < -0.4 is 15.4 Å². The standard InChI is InChI=1S/C27H26N6O2/c1-16-10-11-20(13-17(16)2)25-31-27-29-18(3)23(26(34)30-21-8-6-12-28-15-21)24(33(27)32-25)19-7-5-9-22(14-19)35-4/h5-15,24H,1-4H3,(H,30,34)(H,29,31,32). The van der Waals surface area contributed by atoms with Crippen molar-refractivity contribution in [1.82, 2.24) is 19.7 Å². The molecule has 8 nitrogen and oxygen atoms in total. The van der Waals surface area contributed by atoms with Crippen LogP contribution in [0.2, 0.25) is 0 Å². The highest BCUT2D eigenvalue weighted by atomic mass is 16.5. The summed E-state index contributed by atoms with van der Waals surface area (Å²) in [5.41, 5.74) is 5.99. The van der Waals surface area contributed by atoms with E-state index in [1.54, 1.807) is 36.3 Å². The zero-order valence-electron chi connectivity index (χ0n) is 20.0. The van der Waals surface area contributed by atoms with E-state index < -0.39 is 6.04 Å². The SMILES string of the molecule is COc1cccc(C2C(C(=O)Nc3cccnc3)=C(C)Nc3nc(-c4ccc(C)c(C)c4)nn32)c1. The molecule has 0 saturated carbocycles. The van der Waals surface area contributed by atoms with Crippen molar-refractivity contribution >= 4 is 17.5 Å². The molecule has 2 aromatic heterocycles. The van der Waals surface area contributed by atoms with Gasteiger partial charge in [0.15, 0.2) is 5.82 Å². The Morgan fingerprint density at radius 2 is 1.91 bits per heavy atom. The second kappa shape index (κ2) is 9.06. The summed E-state index contributed by atoms with van der Waals surface area (Å²) in [5.74, 6) is 1.61. The Bertz CT molecular complexity index is 1440. The number of allylic oxidation sites excluding steroid dienone is 1. The van der Waals surface area contributed by atoms with Crippen LogP contribution in [0, 0.1) is 13.8 Å². The molecule has 0 spiro atoms. The normalized spacial score (nSPS) is 14.8. The van der Waals surface area contributed by atoms with Crippen molar-refractivity contribution < 1.29 is 9.53 Å². The lowest BCUT2D eigenvalue weighted by Crippen LogP contribution is -2.31. The molecule has 3 heterocycles. The number of methoxy groups -OCH3 is 1. The van der Waals surface area contributed by atoms with Crippen LogP contribution in [0.25, 0.3) is 11.4 Å². The van der Waals surface area contributed by atoms with E-state index in [4.69, 9.17) is 14.8 Å². The van der Waals surface area contributed by atoms with Crippen molar-refractivity contribution in [3.8, 4) is 17.1 Å². The molecule has 5 rings (SSSR count). The van der Waals surface area contributed by atoms with Gasteiger partial charge in [-0.05, 0) is 67.8 Å². The highest BCUT2D eigenvalue weighted by Gasteiger charge is 2.34. The first-order chi connectivity index (χ1) is 16.9. The minimum absolute atomic E-state index is 0.246. The molecule has 0 fully saturated rings. The van der Waals surface area contributed by atoms with Gasteiger partial charge in [-0.25, -0.2) is 4.68 Å². The average molecular weight is 467 g/mol. The van der Waals surface area contributed by atoms with E-state index in [1.165, 1.54) is 11.1 Å². The molecule has 176 valence electrons. The lowest BCUT2D eigenvalue weighted by atomic mass is 9.95. The molecule has 2 N–H and O–H groups in total. The number of anilines is 2. The molecule has 1 atom stereocenters. The summed E-state index contributed by atoms with van der Waals surface area (Å²) in [5, 5.41) is 11.1. The van der Waals surface area contributed by atoms with Gasteiger partial charge in [0.25, 0.3) is 5.91 Å². The van der Waals surface area contributed by atoms with Gasteiger partial charge in [-0.1, -0.05) is 24.3 Å². The predicted octanol–water partition coefficient (Wildman–Crippen LogP) is 4.89. The van der Waals surface area contributed by atoms with Crippen molar-refractivity contribution in [1.29, 1.82) is 0 Å². The number of carbonyl (C=O) groups is 1. The van der Waals surface area contributed by atoms with Crippen LogP contribution in [0.5, 0.6) is 5.75 Å². The van der Waals surface area contributed by atoms with Crippen LogP contribution >= 0.6 is 0 Å². The van der Waals surface area contributed by atoms with E-state index in [0.29, 0.717) is 34.5 Å². The number of fused-ring (bicyclic) bond motifs is 1. The fraction of sp³-hybridized carbons (Fsp3) is 0.185. The van der Waals surface area contributed by atoms with E-state index >= 15 is 0 Å². The van der Waals surface area contributed by atoms with Gasteiger partial charge in [-0.15, -0.1) is 5.10 Å². The first-order valence-electron chi connectivity index (χ1n) is 11.3. The molecule has 2 aromatic carbocycles. The highest BCUT2D eigenvalue weighted by Crippen LogP contribution is 2.37. The van der Waals surface area contributed by atoms with Crippen LogP contribution in [0.4, 0.5) is 11.6 Å². The molecule has 1 amide bonds. The zero-order valence-corrected chi connectivity index (χ0v) is 20.0. The Balaban J connectivity index is 1.62. The van der Waals surface area contributed by atoms with Gasteiger partial charge in [0.05, 0.1) is 24.6 Å². The van der Waals surface area contributed by atoms with E-state index in [9.17, 15) is 4.79 Å². The molecule has 0 aliphatic carbocycles. The minimum atomic E-state index is -0.509. The number of hydrogen-bond donors (Lipinski definition) is 2. The van der Waals surface area contributed by atoms with Gasteiger partial charge in [0, 0.05) is 17.5 Å². The fourth-order valence-corrected chi connectivity index (χ4v) is 4.20. The van der Waals surface area contributed by atoms with Crippen molar-refractivity contribution in [3.05, 3.63) is 95.0 Å². The van der Waals surface area contributed by atoms with Gasteiger partial charge in [0.2, 0.25) is 5.95 Å². The van der Waals surface area contributed by atoms with Gasteiger partial charge in [-0.2, -0.15) is 4.98 Å². The summed E-state index contributed by atoms with van der Waals surface area (Å²) >= 11 is 0. The van der Waals surface area contributed by atoms with Crippen molar-refractivity contribution in [2.75, 3.05) is 17.7 Å². The lowest BCUT2D eigenvalue weighted by molar-refractivity contribution is -0.113. The largest absolute Gasteiger partial charge is 0.497 e. The van der Waals surface area contributed by atoms with Gasteiger partial charge in [-0.3, -0.25) is 9.78 Å². The molecule has 0 bridgehead atoms. The van der Waals surface area contributed by atoms with E-state index in [0.717, 1.165) is 11.1 Å². The van der Waals surface area contributed by atoms with E-state index in [1.807, 2.05) is 37.3 Å². The second-order valence-corrected chi connectivity index (χ2v) is 8.54. The van der Waals surface area contributed by atoms with E-state index in [2.05, 4.69) is 41.6 Å². The number of carbonyl (C=O) groups excluding carboxylic acids is 1. The highest BCUT2D eigenvalue weighted by molar-refractivity contribution is 6.06. The number of hydrogen-bond acceptors (Lipinski definition) is 6. The molecule has 4 aromatic rings. The smallest absolute Gasteiger partial charge is 0.255 e. The number of aryl methyl sites for hydroxylation is 2. The summed E-state index contributed by atoms with van der Waals surface area (Å²) in [6.07, 6.45) is 3.28. The van der Waals surface area contributed by atoms with Gasteiger partial charge < -0.3 is 15.4 Å². The zero-order chi connectivity index (χ0) is 24.5. The van der Waals surface area contributed by atoms with Crippen LogP contribution in [-0.2, 0) is 4.79 Å². The Hall–Kier alpha value is -4.46. The molecule has 35 heavy (non-hydrogen) atoms. The van der Waals surface area contributed by atoms with Gasteiger partial charge >= 0.3 is 0 Å². The van der Waals surface area contributed by atoms with Crippen LogP contribution in [-0.4, -0.2) is 32.8 Å². The molecule has 8 heteroatoms. The van der Waals surface area contributed by atoms with Crippen molar-refractivity contribution in [2.24, 2.45) is 0 Å². The summed E-state index contributed by atoms with van der Waals surface area (Å²) in [7, 11) is 1.62. The number of aromatic nitrogens is 4. The number of nitrogens with zero attached hydrogens (tertiary/aromatic N) is 4. The quantitative estimate of drug-likeness (QED) is 0.435. The maximum Gasteiger partial charge on any atom is 0.255 e. The van der Waals surface area contributed by atoms with Crippen LogP contribution in [0.1, 0.15) is 29.7 Å². The first-order valence-corrected chi connectivity index (χ1v) is 11.3. The van der Waals surface area contributed by atoms with Crippen molar-refractivity contribution in [2.45, 2.75) is 26.8 Å². The number of pyridine rings is 1. The summed E-state index contributed by atoms with van der Waals surface area (Å²) in [6, 6.07) is 16.9. The van der Waals surface area contributed by atoms with Crippen molar-refractivity contribution in [3.63, 3.8) is 0 Å². The number of nitrogens with one attached hydrogen (secondary N) is 2. The molecule has 1 aliphatic rings. The Kier molecular flexibility index (Phi) is 5.78. The number of ether oxygens (including phenoxy) is 1. The van der Waals surface area contributed by atoms with Crippen LogP contribution in [0.3, 0.4) is 0 Å². The molecule has 1 unspecified atom stereocenters. The monoisotopic (exact) mass is 466 g/mol. The maximum absolute atomic E-state index is 13.6. The predicted molar refractivity (Wildman–Crippen MR) is 135 cm³/mol. The summed E-state index contributed by atoms with van der Waals surface area (Å²) in [4.78, 5) is 22.4. The summed E-state index contributed by atoms with van der Waals surface area (Å²) in [6.45, 7) is 6.02. The third-order valence-corrected chi connectivity index (χ3v) is 6.19. The first kappa shape index (κ1) is 22.3. The Labute approximate surface area is 203 Å². The second-order valence-electron chi connectivity index (χ2n) is 8.54. The molecule has 1 aliphatic heterocycles. The lowest BCUT2D eigenvalue weighted by Gasteiger charge is -2.28. The third kappa shape index (κ3) is 4.26. The third-order valence-electron chi connectivity index (χ3n) is 6.19. The Morgan fingerprint density at radius 1 is 1.06 bits per heavy atom. The molecular weight excluding hydrogens is 440 g/mol. The fourth-order valence-electron chi connectivity index (χ4n) is 4.20. The average Bonchev–Trinajstić information content (AvgIpc) is 3.29. The number of amides is 1. The topological polar surface area (TPSA) is 94.0 Å². The molecule has 0 radical (unpaired) electrons. The molecule has 0 saturated heterocycles. The number of benzene rings is 2. The summed E-state index contributed by atoms with van der Waals surface area (Å²) < 4.78 is 7.23. The van der Waals surface area contributed by atoms with E-state index in [-0.39, 0.29) is 5.91 Å². The van der Waals surface area contributed by atoms with Crippen LogP contribution in [0.15, 0.2) is 78.3 Å². The van der Waals surface area contributed by atoms with Gasteiger partial charge in [0.1, 0.15) is 11.8 Å². The number of rotatable bonds is 5. The Morgan fingerprint density at radius 3 is 2.66 bits per heavy atom. The maximum atomic E-state index is 13.6.